The molecule has 0 saturated carbocycles. The second kappa shape index (κ2) is 5.62. The third-order valence-electron chi connectivity index (χ3n) is 2.87. The van der Waals surface area contributed by atoms with Crippen molar-refractivity contribution in [3.8, 4) is 0 Å². The summed E-state index contributed by atoms with van der Waals surface area (Å²) in [6, 6.07) is 0. The summed E-state index contributed by atoms with van der Waals surface area (Å²) in [7, 11) is 1.24. The molecule has 2 heterocycles. The van der Waals surface area contributed by atoms with Crippen molar-refractivity contribution < 1.29 is 17.4 Å². The molecular formula is C13H20N4O3. The fraction of sp³-hybridized carbons (Fsp3) is 0.615. The van der Waals surface area contributed by atoms with Crippen LogP contribution >= 0.6 is 0 Å². The summed E-state index contributed by atoms with van der Waals surface area (Å²) in [5.74, 6) is 0. The van der Waals surface area contributed by atoms with Gasteiger partial charge in [0, 0.05) is 31.5 Å². The van der Waals surface area contributed by atoms with Crippen molar-refractivity contribution >= 4 is 11.2 Å². The highest BCUT2D eigenvalue weighted by molar-refractivity contribution is 5.69. The monoisotopic (exact) mass is 289 g/mol. The fourth-order valence-corrected chi connectivity index (χ4v) is 1.88. The molecular weight excluding hydrogens is 260 g/mol. The van der Waals surface area contributed by atoms with Crippen LogP contribution in [0.2, 0.25) is 0 Å². The Bertz CT molecular complexity index is 1030. The molecule has 1 atom stereocenters. The van der Waals surface area contributed by atoms with E-state index in [2.05, 4.69) is 4.98 Å². The second-order valence-electron chi connectivity index (χ2n) is 4.23. The zero-order valence-corrected chi connectivity index (χ0v) is 10.8. The smallest absolute Gasteiger partial charge is 0.332 e. The third kappa shape index (κ3) is 2.53. The maximum atomic E-state index is 12.8. The van der Waals surface area contributed by atoms with Crippen molar-refractivity contribution in [3.05, 3.63) is 27.1 Å². The first-order valence-corrected chi connectivity index (χ1v) is 5.87. The Balaban J connectivity index is 2.45. The van der Waals surface area contributed by atoms with Gasteiger partial charge in [-0.1, -0.05) is 0 Å². The van der Waals surface area contributed by atoms with Crippen LogP contribution in [0.25, 0.3) is 11.2 Å². The Hall–Kier alpha value is -1.89. The lowest BCUT2D eigenvalue weighted by Crippen LogP contribution is -2.39. The quantitative estimate of drug-likeness (QED) is 0.839. The van der Waals surface area contributed by atoms with E-state index in [9.17, 15) is 14.7 Å². The molecule has 0 amide bonds. The highest BCUT2D eigenvalue weighted by Gasteiger charge is 2.14. The maximum Gasteiger partial charge on any atom is 0.332 e. The molecule has 0 aliphatic heterocycles. The molecule has 0 aliphatic carbocycles. The van der Waals surface area contributed by atoms with E-state index in [1.807, 2.05) is 0 Å². The van der Waals surface area contributed by atoms with Crippen LogP contribution < -0.4 is 11.2 Å². The van der Waals surface area contributed by atoms with Gasteiger partial charge in [-0.2, -0.15) is 0 Å². The average molecular weight is 289 g/mol. The third-order valence-corrected chi connectivity index (χ3v) is 2.87. The number of nitrogens with zero attached hydrogens (tertiary/aromatic N) is 4. The van der Waals surface area contributed by atoms with Gasteiger partial charge in [0.1, 0.15) is 1.37 Å². The number of aliphatic hydroxyl groups excluding tert-OH is 1. The molecule has 2 aromatic rings. The minimum absolute atomic E-state index is 0.184. The van der Waals surface area contributed by atoms with E-state index in [0.29, 0.717) is 9.13 Å². The molecule has 0 spiro atoms. The van der Waals surface area contributed by atoms with Crippen LogP contribution in [0.4, 0.5) is 0 Å². The normalized spacial score (nSPS) is 21.6. The molecule has 0 unspecified atom stereocenters. The number of fused-ring (bicyclic) bond motifs is 1. The molecule has 0 bridgehead atoms. The Morgan fingerprint density at radius 1 is 1.55 bits per heavy atom. The van der Waals surface area contributed by atoms with E-state index in [1.165, 1.54) is 7.05 Å². The predicted molar refractivity (Wildman–Crippen MR) is 75.7 cm³/mol. The Labute approximate surface area is 128 Å². The van der Waals surface area contributed by atoms with Gasteiger partial charge in [-0.15, -0.1) is 0 Å². The summed E-state index contributed by atoms with van der Waals surface area (Å²) < 4.78 is 69.0. The Morgan fingerprint density at radius 2 is 2.35 bits per heavy atom. The fourth-order valence-electron chi connectivity index (χ4n) is 1.88. The minimum atomic E-state index is -2.94. The van der Waals surface area contributed by atoms with Crippen LogP contribution in [0.15, 0.2) is 15.9 Å². The zero-order chi connectivity index (χ0) is 22.5. The van der Waals surface area contributed by atoms with E-state index < -0.39 is 55.8 Å². The number of aliphatic hydroxyl groups is 1. The van der Waals surface area contributed by atoms with Crippen LogP contribution in [-0.2, 0) is 20.6 Å². The van der Waals surface area contributed by atoms with Crippen LogP contribution in [0.3, 0.4) is 0 Å². The number of aromatic nitrogens is 4. The van der Waals surface area contributed by atoms with E-state index >= 15 is 0 Å². The Morgan fingerprint density at radius 3 is 3.05 bits per heavy atom. The maximum absolute atomic E-state index is 12.8. The molecule has 2 aromatic heterocycles. The lowest BCUT2D eigenvalue weighted by atomic mass is 10.2. The van der Waals surface area contributed by atoms with Gasteiger partial charge in [0.05, 0.1) is 12.4 Å². The standard InChI is InChI=1S/C13H20N4O3/c1-9(18)6-4-5-7-17-12(19)10-11(14-8-15(10)2)16(3)13(17)20/h8-9,18H,4-7H2,1-3H3/t9-/m0/s1/i1D3,2D3,6D2,8D. The Kier molecular flexibility index (Phi) is 1.89. The van der Waals surface area contributed by atoms with E-state index in [-0.39, 0.29) is 18.6 Å². The van der Waals surface area contributed by atoms with Gasteiger partial charge in [-0.3, -0.25) is 13.9 Å². The number of hydrogen-bond donors (Lipinski definition) is 1. The van der Waals surface area contributed by atoms with Gasteiger partial charge in [0.15, 0.2) is 11.2 Å². The molecule has 1 N–H and O–H groups in total. The van der Waals surface area contributed by atoms with Crippen molar-refractivity contribution in [2.24, 2.45) is 14.0 Å². The summed E-state index contributed by atoms with van der Waals surface area (Å²) in [6.07, 6.45) is -6.13. The summed E-state index contributed by atoms with van der Waals surface area (Å²) in [5.41, 5.74) is -2.61. The van der Waals surface area contributed by atoms with Crippen LogP contribution in [-0.4, -0.2) is 29.9 Å². The number of imidazole rings is 1. The summed E-state index contributed by atoms with van der Waals surface area (Å²) in [4.78, 5) is 28.9. The van der Waals surface area contributed by atoms with Crippen LogP contribution in [0.1, 0.15) is 38.4 Å². The first-order chi connectivity index (χ1) is 13.0. The first kappa shape index (κ1) is 6.71. The number of aryl methyl sites for hydroxylation is 2. The lowest BCUT2D eigenvalue weighted by Gasteiger charge is -2.09. The van der Waals surface area contributed by atoms with Crippen molar-refractivity contribution in [1.82, 2.24) is 18.7 Å². The highest BCUT2D eigenvalue weighted by Crippen LogP contribution is 2.04. The molecule has 20 heavy (non-hydrogen) atoms. The largest absolute Gasteiger partial charge is 0.393 e. The SMILES string of the molecule is [2H]c1nc2c(c(=O)n(CCCC([2H])([2H])[C@@H](O)C([2H])([2H])[2H])c(=O)n2C)n1C([2H])([2H])[2H]. The van der Waals surface area contributed by atoms with Gasteiger partial charge in [0.25, 0.3) is 5.56 Å². The average Bonchev–Trinajstić information content (AvgIpc) is 2.92. The minimum Gasteiger partial charge on any atom is -0.393 e. The summed E-state index contributed by atoms with van der Waals surface area (Å²) in [6.45, 7) is -6.18. The van der Waals surface area contributed by atoms with Crippen molar-refractivity contribution in [2.75, 3.05) is 0 Å². The first-order valence-electron chi connectivity index (χ1n) is 10.4. The zero-order valence-electron chi connectivity index (χ0n) is 19.8. The van der Waals surface area contributed by atoms with Gasteiger partial charge >= 0.3 is 5.69 Å². The van der Waals surface area contributed by atoms with Crippen molar-refractivity contribution in [2.45, 2.75) is 38.7 Å². The van der Waals surface area contributed by atoms with Gasteiger partial charge in [0.2, 0.25) is 0 Å². The molecule has 0 radical (unpaired) electrons. The van der Waals surface area contributed by atoms with E-state index in [1.54, 1.807) is 0 Å². The lowest BCUT2D eigenvalue weighted by molar-refractivity contribution is 0.180. The summed E-state index contributed by atoms with van der Waals surface area (Å²) >= 11 is 0. The highest BCUT2D eigenvalue weighted by atomic mass is 16.3. The molecule has 0 aliphatic rings. The molecule has 0 saturated heterocycles. The van der Waals surface area contributed by atoms with Gasteiger partial charge in [-0.05, 0) is 26.1 Å². The van der Waals surface area contributed by atoms with Gasteiger partial charge in [-0.25, -0.2) is 9.78 Å². The number of rotatable bonds is 5. The predicted octanol–water partition coefficient (Wildman–Crippen LogP) is -0.0152. The van der Waals surface area contributed by atoms with Gasteiger partial charge < -0.3 is 9.67 Å². The molecule has 0 fully saturated rings. The topological polar surface area (TPSA) is 82.1 Å². The summed E-state index contributed by atoms with van der Waals surface area (Å²) in [5, 5.41) is 9.67. The number of hydrogen-bond acceptors (Lipinski definition) is 4. The van der Waals surface area contributed by atoms with E-state index in [0.717, 1.165) is 4.57 Å². The van der Waals surface area contributed by atoms with Crippen LogP contribution in [0, 0.1) is 0 Å². The molecule has 2 rings (SSSR count). The van der Waals surface area contributed by atoms with Crippen LogP contribution in [0.5, 0.6) is 0 Å². The second-order valence-corrected chi connectivity index (χ2v) is 4.23. The molecule has 110 valence electrons. The van der Waals surface area contributed by atoms with Crippen molar-refractivity contribution in [3.63, 3.8) is 0 Å². The molecule has 7 heteroatoms. The van der Waals surface area contributed by atoms with E-state index in [4.69, 9.17) is 12.3 Å². The van der Waals surface area contributed by atoms with Crippen molar-refractivity contribution in [1.29, 1.82) is 0 Å². The molecule has 7 nitrogen and oxygen atoms in total. The molecule has 0 aromatic carbocycles.